The highest BCUT2D eigenvalue weighted by molar-refractivity contribution is 9.10. The zero-order chi connectivity index (χ0) is 16.8. The Morgan fingerprint density at radius 1 is 1.22 bits per heavy atom. The summed E-state index contributed by atoms with van der Waals surface area (Å²) in [6.45, 7) is 1.31. The van der Waals surface area contributed by atoms with E-state index >= 15 is 0 Å². The topological polar surface area (TPSA) is 62.6 Å². The van der Waals surface area contributed by atoms with Crippen molar-refractivity contribution >= 4 is 32.6 Å². The van der Waals surface area contributed by atoms with E-state index in [0.717, 1.165) is 15.9 Å². The molecule has 0 aliphatic carbocycles. The molecule has 1 amide bonds. The summed E-state index contributed by atoms with van der Waals surface area (Å²) in [4.78, 5) is 14.6. The first-order chi connectivity index (χ1) is 11.0. The van der Waals surface area contributed by atoms with Crippen LogP contribution >= 0.6 is 15.9 Å². The van der Waals surface area contributed by atoms with E-state index < -0.39 is 10.8 Å². The van der Waals surface area contributed by atoms with Gasteiger partial charge in [0.05, 0.1) is 16.6 Å². The summed E-state index contributed by atoms with van der Waals surface area (Å²) in [5.74, 6) is 0.759. The average Bonchev–Trinajstić information content (AvgIpc) is 2.96. The van der Waals surface area contributed by atoms with Crippen LogP contribution in [0.2, 0.25) is 0 Å². The predicted molar refractivity (Wildman–Crippen MR) is 93.8 cm³/mol. The first-order valence-electron chi connectivity index (χ1n) is 7.11. The van der Waals surface area contributed by atoms with Gasteiger partial charge in [-0.1, -0.05) is 15.9 Å². The van der Waals surface area contributed by atoms with Gasteiger partial charge in [-0.05, 0) is 50.5 Å². The van der Waals surface area contributed by atoms with Crippen molar-refractivity contribution in [2.24, 2.45) is 0 Å². The van der Waals surface area contributed by atoms with Crippen LogP contribution in [0, 0.1) is 0 Å². The van der Waals surface area contributed by atoms with Crippen LogP contribution in [-0.2, 0) is 16.6 Å². The summed E-state index contributed by atoms with van der Waals surface area (Å²) in [5.41, 5.74) is 0. The molecule has 1 aromatic heterocycles. The molecule has 7 heteroatoms. The molecule has 1 aromatic carbocycles. The number of nitrogens with zero attached hydrogens (tertiary/aromatic N) is 1. The largest absolute Gasteiger partial charge is 0.455 e. The quantitative estimate of drug-likeness (QED) is 0.778. The fourth-order valence-electron chi connectivity index (χ4n) is 1.86. The van der Waals surface area contributed by atoms with E-state index in [1.54, 1.807) is 24.3 Å². The Bertz CT molecular complexity index is 683. The summed E-state index contributed by atoms with van der Waals surface area (Å²) >= 11 is 3.35. The van der Waals surface area contributed by atoms with Crippen LogP contribution in [0.5, 0.6) is 0 Å². The molecule has 1 N–H and O–H groups in total. The smallest absolute Gasteiger partial charge is 0.287 e. The Morgan fingerprint density at radius 3 is 2.57 bits per heavy atom. The fourth-order valence-corrected chi connectivity index (χ4v) is 3.14. The van der Waals surface area contributed by atoms with Gasteiger partial charge >= 0.3 is 0 Å². The van der Waals surface area contributed by atoms with Gasteiger partial charge in [0.1, 0.15) is 5.76 Å². The third-order valence-corrected chi connectivity index (χ3v) is 4.95. The maximum absolute atomic E-state index is 12.3. The molecule has 2 aromatic rings. The molecule has 0 unspecified atom stereocenters. The van der Waals surface area contributed by atoms with E-state index in [9.17, 15) is 9.00 Å². The van der Waals surface area contributed by atoms with Gasteiger partial charge in [-0.15, -0.1) is 0 Å². The van der Waals surface area contributed by atoms with Crippen LogP contribution in [0.15, 0.2) is 50.2 Å². The van der Waals surface area contributed by atoms with Crippen molar-refractivity contribution in [1.82, 2.24) is 10.2 Å². The molecule has 2 rings (SSSR count). The minimum atomic E-state index is -1.21. The second kappa shape index (κ2) is 8.42. The summed E-state index contributed by atoms with van der Waals surface area (Å²) < 4.78 is 18.7. The lowest BCUT2D eigenvalue weighted by atomic mass is 10.4. The lowest BCUT2D eigenvalue weighted by molar-refractivity contribution is 0.0922. The number of furan rings is 1. The van der Waals surface area contributed by atoms with Gasteiger partial charge in [0.25, 0.3) is 5.91 Å². The van der Waals surface area contributed by atoms with E-state index in [0.29, 0.717) is 12.3 Å². The molecule has 5 nitrogen and oxygen atoms in total. The first kappa shape index (κ1) is 17.9. The average molecular weight is 399 g/mol. The van der Waals surface area contributed by atoms with Gasteiger partial charge in [0.2, 0.25) is 0 Å². The van der Waals surface area contributed by atoms with Crippen molar-refractivity contribution in [3.63, 3.8) is 0 Å². The Hall–Kier alpha value is -1.44. The number of carbonyl (C=O) groups is 1. The highest BCUT2D eigenvalue weighted by Crippen LogP contribution is 2.17. The zero-order valence-corrected chi connectivity index (χ0v) is 15.4. The SMILES string of the molecule is CN(C)CCNC(=O)c1ccc(C[S@@](=O)c2ccc(Br)cc2)o1. The van der Waals surface area contributed by atoms with E-state index in [2.05, 4.69) is 21.2 Å². The van der Waals surface area contributed by atoms with Crippen LogP contribution < -0.4 is 5.32 Å². The number of nitrogens with one attached hydrogen (secondary N) is 1. The number of hydrogen-bond donors (Lipinski definition) is 1. The molecule has 0 fully saturated rings. The van der Waals surface area contributed by atoms with Gasteiger partial charge < -0.3 is 14.6 Å². The summed E-state index contributed by atoms with van der Waals surface area (Å²) in [6.07, 6.45) is 0. The highest BCUT2D eigenvalue weighted by atomic mass is 79.9. The molecule has 1 atom stereocenters. The van der Waals surface area contributed by atoms with Crippen molar-refractivity contribution in [3.05, 3.63) is 52.4 Å². The number of rotatable bonds is 7. The minimum Gasteiger partial charge on any atom is -0.455 e. The second-order valence-corrected chi connectivity index (χ2v) is 7.64. The van der Waals surface area contributed by atoms with Crippen LogP contribution in [0.3, 0.4) is 0 Å². The summed E-state index contributed by atoms with van der Waals surface area (Å²) in [7, 11) is 2.67. The Labute approximate surface area is 146 Å². The number of benzene rings is 1. The monoisotopic (exact) mass is 398 g/mol. The summed E-state index contributed by atoms with van der Waals surface area (Å²) in [5, 5.41) is 2.78. The molecule has 0 radical (unpaired) electrons. The van der Waals surface area contributed by atoms with E-state index in [-0.39, 0.29) is 17.4 Å². The molecule has 0 bridgehead atoms. The molecular formula is C16H19BrN2O3S. The molecular weight excluding hydrogens is 380 g/mol. The molecule has 0 aliphatic heterocycles. The first-order valence-corrected chi connectivity index (χ1v) is 9.22. The van der Waals surface area contributed by atoms with Gasteiger partial charge in [-0.25, -0.2) is 0 Å². The normalized spacial score (nSPS) is 12.3. The highest BCUT2D eigenvalue weighted by Gasteiger charge is 2.13. The number of amides is 1. The third kappa shape index (κ3) is 5.60. The second-order valence-electron chi connectivity index (χ2n) is 5.27. The van der Waals surface area contributed by atoms with E-state index in [1.165, 1.54) is 0 Å². The maximum Gasteiger partial charge on any atom is 0.287 e. The minimum absolute atomic E-state index is 0.242. The molecule has 23 heavy (non-hydrogen) atoms. The zero-order valence-electron chi connectivity index (χ0n) is 13.0. The lowest BCUT2D eigenvalue weighted by Gasteiger charge is -2.09. The molecule has 0 saturated carbocycles. The fraction of sp³-hybridized carbons (Fsp3) is 0.312. The predicted octanol–water partition coefficient (Wildman–Crippen LogP) is 2.64. The summed E-state index contributed by atoms with van der Waals surface area (Å²) in [6, 6.07) is 10.6. The lowest BCUT2D eigenvalue weighted by Crippen LogP contribution is -2.31. The molecule has 0 spiro atoms. The molecule has 0 aliphatic rings. The van der Waals surface area contributed by atoms with Gasteiger partial charge in [-0.2, -0.15) is 0 Å². The Morgan fingerprint density at radius 2 is 1.91 bits per heavy atom. The molecule has 0 saturated heterocycles. The van der Waals surface area contributed by atoms with Crippen molar-refractivity contribution < 1.29 is 13.4 Å². The van der Waals surface area contributed by atoms with Gasteiger partial charge in [-0.3, -0.25) is 9.00 Å². The van der Waals surface area contributed by atoms with Gasteiger partial charge in [0.15, 0.2) is 5.76 Å². The van der Waals surface area contributed by atoms with Crippen molar-refractivity contribution in [1.29, 1.82) is 0 Å². The number of halogens is 1. The van der Waals surface area contributed by atoms with E-state index in [4.69, 9.17) is 4.42 Å². The number of hydrogen-bond acceptors (Lipinski definition) is 4. The van der Waals surface area contributed by atoms with Crippen LogP contribution in [-0.4, -0.2) is 42.2 Å². The van der Waals surface area contributed by atoms with E-state index in [1.807, 2.05) is 31.1 Å². The molecule has 1 heterocycles. The molecule has 124 valence electrons. The Balaban J connectivity index is 1.92. The van der Waals surface area contributed by atoms with Crippen LogP contribution in [0.25, 0.3) is 0 Å². The van der Waals surface area contributed by atoms with Crippen molar-refractivity contribution in [3.8, 4) is 0 Å². The maximum atomic E-state index is 12.3. The third-order valence-electron chi connectivity index (χ3n) is 3.08. The van der Waals surface area contributed by atoms with Crippen LogP contribution in [0.4, 0.5) is 0 Å². The number of likely N-dealkylation sites (N-methyl/N-ethyl adjacent to an activating group) is 1. The van der Waals surface area contributed by atoms with Crippen molar-refractivity contribution in [2.45, 2.75) is 10.6 Å². The standard InChI is InChI=1S/C16H19BrN2O3S/c1-19(2)10-9-18-16(20)15-8-5-13(22-15)11-23(21)14-6-3-12(17)4-7-14/h3-8H,9-11H2,1-2H3,(H,18,20)/t23-/m1/s1. The van der Waals surface area contributed by atoms with Crippen molar-refractivity contribution in [2.75, 3.05) is 27.2 Å². The van der Waals surface area contributed by atoms with Crippen LogP contribution in [0.1, 0.15) is 16.3 Å². The number of carbonyl (C=O) groups excluding carboxylic acids is 1. The van der Waals surface area contributed by atoms with Gasteiger partial charge in [0, 0.05) is 22.5 Å². The Kier molecular flexibility index (Phi) is 6.56.